The number of benzene rings is 3. The zero-order valence-electron chi connectivity index (χ0n) is 17.7. The van der Waals surface area contributed by atoms with Crippen LogP contribution in [-0.2, 0) is 16.0 Å². The van der Waals surface area contributed by atoms with Crippen molar-refractivity contribution in [2.75, 3.05) is 11.9 Å². The summed E-state index contributed by atoms with van der Waals surface area (Å²) < 4.78 is 0. The molecule has 4 rings (SSSR count). The van der Waals surface area contributed by atoms with Crippen molar-refractivity contribution in [2.45, 2.75) is 28.7 Å². The van der Waals surface area contributed by atoms with E-state index in [2.05, 4.69) is 10.6 Å². The number of urea groups is 1. The van der Waals surface area contributed by atoms with Gasteiger partial charge in [-0.1, -0.05) is 65.8 Å². The Morgan fingerprint density at radius 1 is 0.970 bits per heavy atom. The molecule has 3 aromatic rings. The summed E-state index contributed by atoms with van der Waals surface area (Å²) in [6, 6.07) is 23.3. The number of aryl methyl sites for hydroxylation is 1. The van der Waals surface area contributed by atoms with Gasteiger partial charge in [-0.3, -0.25) is 14.5 Å². The van der Waals surface area contributed by atoms with Gasteiger partial charge in [0.2, 0.25) is 5.91 Å². The van der Waals surface area contributed by atoms with E-state index in [4.69, 9.17) is 11.6 Å². The molecule has 1 fully saturated rings. The molecule has 0 aromatic heterocycles. The van der Waals surface area contributed by atoms with E-state index in [9.17, 15) is 14.4 Å². The molecule has 3 aromatic carbocycles. The molecule has 0 aliphatic carbocycles. The van der Waals surface area contributed by atoms with Gasteiger partial charge in [0.05, 0.1) is 5.69 Å². The minimum absolute atomic E-state index is 0.341. The van der Waals surface area contributed by atoms with Gasteiger partial charge in [-0.15, -0.1) is 0 Å². The van der Waals surface area contributed by atoms with Crippen molar-refractivity contribution < 1.29 is 14.4 Å². The SMILES string of the molecule is O=C(CN1C(=O)NC(CCc2ccccc2)C1=O)Nc1ccccc1Sc1ccc(Cl)cc1. The molecule has 1 aliphatic rings. The van der Waals surface area contributed by atoms with Crippen LogP contribution in [0.15, 0.2) is 88.7 Å². The second-order valence-electron chi connectivity index (χ2n) is 7.55. The fraction of sp³-hybridized carbons (Fsp3) is 0.160. The second kappa shape index (κ2) is 10.6. The molecule has 1 heterocycles. The van der Waals surface area contributed by atoms with Gasteiger partial charge in [0, 0.05) is 14.8 Å². The van der Waals surface area contributed by atoms with E-state index < -0.39 is 18.0 Å². The highest BCUT2D eigenvalue weighted by molar-refractivity contribution is 7.99. The maximum atomic E-state index is 12.7. The molecule has 168 valence electrons. The summed E-state index contributed by atoms with van der Waals surface area (Å²) in [6.07, 6.45) is 1.14. The summed E-state index contributed by atoms with van der Waals surface area (Å²) >= 11 is 7.43. The molecule has 0 saturated carbocycles. The van der Waals surface area contributed by atoms with E-state index in [-0.39, 0.29) is 12.5 Å². The van der Waals surface area contributed by atoms with E-state index in [0.717, 1.165) is 20.3 Å². The fourth-order valence-corrected chi connectivity index (χ4v) is 4.53. The molecule has 0 radical (unpaired) electrons. The minimum Gasteiger partial charge on any atom is -0.326 e. The zero-order valence-corrected chi connectivity index (χ0v) is 19.2. The molecule has 4 amide bonds. The maximum absolute atomic E-state index is 12.7. The van der Waals surface area contributed by atoms with E-state index >= 15 is 0 Å². The fourth-order valence-electron chi connectivity index (χ4n) is 3.50. The Hall–Kier alpha value is -3.29. The molecule has 1 saturated heterocycles. The third kappa shape index (κ3) is 5.94. The predicted octanol–water partition coefficient (Wildman–Crippen LogP) is 4.98. The van der Waals surface area contributed by atoms with Gasteiger partial charge in [0.15, 0.2) is 0 Å². The normalized spacial score (nSPS) is 15.4. The Bertz CT molecular complexity index is 1160. The standard InChI is InChI=1S/C25H22ClN3O3S/c26-18-11-13-19(14-12-18)33-22-9-5-4-8-20(22)27-23(30)16-29-24(31)21(28-25(29)32)15-10-17-6-2-1-3-7-17/h1-9,11-14,21H,10,15-16H2,(H,27,30)(H,28,32). The first-order chi connectivity index (χ1) is 16.0. The van der Waals surface area contributed by atoms with Gasteiger partial charge < -0.3 is 10.6 Å². The molecule has 2 N–H and O–H groups in total. The molecular weight excluding hydrogens is 458 g/mol. The van der Waals surface area contributed by atoms with E-state index in [1.165, 1.54) is 11.8 Å². The number of rotatable bonds is 8. The van der Waals surface area contributed by atoms with Crippen LogP contribution in [0.5, 0.6) is 0 Å². The van der Waals surface area contributed by atoms with Crippen molar-refractivity contribution in [3.05, 3.63) is 89.4 Å². The minimum atomic E-state index is -0.627. The van der Waals surface area contributed by atoms with E-state index in [1.54, 1.807) is 18.2 Å². The van der Waals surface area contributed by atoms with Gasteiger partial charge in [0.1, 0.15) is 12.6 Å². The van der Waals surface area contributed by atoms with Gasteiger partial charge in [-0.25, -0.2) is 4.79 Å². The second-order valence-corrected chi connectivity index (χ2v) is 9.10. The van der Waals surface area contributed by atoms with Gasteiger partial charge in [-0.2, -0.15) is 0 Å². The monoisotopic (exact) mass is 479 g/mol. The maximum Gasteiger partial charge on any atom is 0.325 e. The number of para-hydroxylation sites is 1. The predicted molar refractivity (Wildman–Crippen MR) is 129 cm³/mol. The lowest BCUT2D eigenvalue weighted by Crippen LogP contribution is -2.38. The van der Waals surface area contributed by atoms with Crippen LogP contribution in [0.2, 0.25) is 5.02 Å². The summed E-state index contributed by atoms with van der Waals surface area (Å²) in [5.41, 5.74) is 1.70. The van der Waals surface area contributed by atoms with Crippen LogP contribution in [-0.4, -0.2) is 35.3 Å². The Labute approximate surface area is 201 Å². The molecule has 1 unspecified atom stereocenters. The number of carbonyl (C=O) groups excluding carboxylic acids is 3. The largest absolute Gasteiger partial charge is 0.326 e. The Morgan fingerprint density at radius 2 is 1.67 bits per heavy atom. The van der Waals surface area contributed by atoms with Crippen molar-refractivity contribution in [2.24, 2.45) is 0 Å². The summed E-state index contributed by atoms with van der Waals surface area (Å²) in [5, 5.41) is 6.16. The Kier molecular flexibility index (Phi) is 7.32. The number of halogens is 1. The van der Waals surface area contributed by atoms with Crippen LogP contribution in [0.3, 0.4) is 0 Å². The molecule has 1 aliphatic heterocycles. The van der Waals surface area contributed by atoms with Gasteiger partial charge in [-0.05, 0) is 54.8 Å². The van der Waals surface area contributed by atoms with E-state index in [0.29, 0.717) is 23.6 Å². The average molecular weight is 480 g/mol. The van der Waals surface area contributed by atoms with Crippen LogP contribution >= 0.6 is 23.4 Å². The van der Waals surface area contributed by atoms with Crippen molar-refractivity contribution in [1.29, 1.82) is 0 Å². The Balaban J connectivity index is 1.36. The summed E-state index contributed by atoms with van der Waals surface area (Å²) in [4.78, 5) is 40.5. The highest BCUT2D eigenvalue weighted by Gasteiger charge is 2.38. The van der Waals surface area contributed by atoms with Crippen LogP contribution in [0, 0.1) is 0 Å². The molecular formula is C25H22ClN3O3S. The quantitative estimate of drug-likeness (QED) is 0.446. The van der Waals surface area contributed by atoms with Crippen molar-refractivity contribution in [3.63, 3.8) is 0 Å². The third-order valence-corrected chi connectivity index (χ3v) is 6.51. The van der Waals surface area contributed by atoms with Crippen LogP contribution in [0.1, 0.15) is 12.0 Å². The number of anilines is 1. The first-order valence-electron chi connectivity index (χ1n) is 10.5. The summed E-state index contributed by atoms with van der Waals surface area (Å²) in [5.74, 6) is -0.818. The molecule has 6 nitrogen and oxygen atoms in total. The molecule has 33 heavy (non-hydrogen) atoms. The Morgan fingerprint density at radius 3 is 2.42 bits per heavy atom. The number of hydrogen-bond donors (Lipinski definition) is 2. The number of amides is 4. The molecule has 8 heteroatoms. The highest BCUT2D eigenvalue weighted by atomic mass is 35.5. The number of nitrogens with one attached hydrogen (secondary N) is 2. The van der Waals surface area contributed by atoms with Gasteiger partial charge >= 0.3 is 6.03 Å². The summed E-state index contributed by atoms with van der Waals surface area (Å²) in [6.45, 7) is -0.341. The average Bonchev–Trinajstić information content (AvgIpc) is 3.08. The lowest BCUT2D eigenvalue weighted by Gasteiger charge is -2.15. The smallest absolute Gasteiger partial charge is 0.325 e. The molecule has 1 atom stereocenters. The van der Waals surface area contributed by atoms with E-state index in [1.807, 2.05) is 60.7 Å². The third-order valence-electron chi connectivity index (χ3n) is 5.18. The van der Waals surface area contributed by atoms with Crippen LogP contribution < -0.4 is 10.6 Å². The first kappa shape index (κ1) is 22.9. The molecule has 0 spiro atoms. The van der Waals surface area contributed by atoms with Crippen molar-refractivity contribution in [1.82, 2.24) is 10.2 Å². The number of imide groups is 1. The zero-order chi connectivity index (χ0) is 23.2. The topological polar surface area (TPSA) is 78.5 Å². The van der Waals surface area contributed by atoms with Crippen LogP contribution in [0.25, 0.3) is 0 Å². The lowest BCUT2D eigenvalue weighted by molar-refractivity contribution is -0.130. The number of nitrogens with zero attached hydrogens (tertiary/aromatic N) is 1. The first-order valence-corrected chi connectivity index (χ1v) is 11.7. The van der Waals surface area contributed by atoms with Gasteiger partial charge in [0.25, 0.3) is 5.91 Å². The van der Waals surface area contributed by atoms with Crippen molar-refractivity contribution in [3.8, 4) is 0 Å². The number of hydrogen-bond acceptors (Lipinski definition) is 4. The van der Waals surface area contributed by atoms with Crippen molar-refractivity contribution >= 4 is 46.9 Å². The van der Waals surface area contributed by atoms with Crippen LogP contribution in [0.4, 0.5) is 10.5 Å². The summed E-state index contributed by atoms with van der Waals surface area (Å²) in [7, 11) is 0. The lowest BCUT2D eigenvalue weighted by atomic mass is 10.1. The highest BCUT2D eigenvalue weighted by Crippen LogP contribution is 2.33. The molecule has 0 bridgehead atoms. The number of carbonyl (C=O) groups is 3.